The number of rotatable bonds is 5. The van der Waals surface area contributed by atoms with E-state index in [1.165, 1.54) is 23.9 Å². The molecular weight excluding hydrogens is 422 g/mol. The Bertz CT molecular complexity index is 1070. The lowest BCUT2D eigenvalue weighted by atomic mass is 10.1. The summed E-state index contributed by atoms with van der Waals surface area (Å²) >= 11 is 0. The molecule has 170 valence electrons. The zero-order chi connectivity index (χ0) is 24.0. The van der Waals surface area contributed by atoms with Crippen LogP contribution in [0.2, 0.25) is 0 Å². The van der Waals surface area contributed by atoms with Crippen molar-refractivity contribution in [1.29, 1.82) is 5.26 Å². The summed E-state index contributed by atoms with van der Waals surface area (Å²) in [6.07, 6.45) is 0.203. The molecule has 0 aromatic heterocycles. The average Bonchev–Trinajstić information content (AvgIpc) is 3.28. The summed E-state index contributed by atoms with van der Waals surface area (Å²) in [7, 11) is 2.83. The fraction of sp³-hybridized carbons (Fsp3) is 0.292. The summed E-state index contributed by atoms with van der Waals surface area (Å²) in [5.41, 5.74) is 1.18. The normalized spacial score (nSPS) is 17.1. The fourth-order valence-electron chi connectivity index (χ4n) is 3.63. The molecule has 1 heterocycles. The highest BCUT2D eigenvalue weighted by Crippen LogP contribution is 2.25. The van der Waals surface area contributed by atoms with Crippen molar-refractivity contribution in [3.8, 4) is 6.07 Å². The molecule has 1 aliphatic heterocycles. The van der Waals surface area contributed by atoms with Crippen LogP contribution in [0, 0.1) is 17.2 Å². The predicted molar refractivity (Wildman–Crippen MR) is 122 cm³/mol. The van der Waals surface area contributed by atoms with Crippen LogP contribution in [0.15, 0.2) is 60.7 Å². The first-order valence-electron chi connectivity index (χ1n) is 10.4. The van der Waals surface area contributed by atoms with Crippen LogP contribution < -0.4 is 10.2 Å². The number of para-hydroxylation sites is 2. The maximum Gasteiger partial charge on any atom is 0.316 e. The zero-order valence-electron chi connectivity index (χ0n) is 18.5. The first-order valence-corrected chi connectivity index (χ1v) is 10.4. The summed E-state index contributed by atoms with van der Waals surface area (Å²) in [5.74, 6) is -2.95. The molecule has 33 heavy (non-hydrogen) atoms. The Kier molecular flexibility index (Phi) is 7.41. The van der Waals surface area contributed by atoms with Crippen LogP contribution in [-0.4, -0.2) is 66.7 Å². The number of carbonyl (C=O) groups is 4. The second-order valence-electron chi connectivity index (χ2n) is 7.84. The Morgan fingerprint density at radius 1 is 1.00 bits per heavy atom. The molecule has 1 N–H and O–H groups in total. The van der Waals surface area contributed by atoms with Gasteiger partial charge < -0.3 is 20.0 Å². The summed E-state index contributed by atoms with van der Waals surface area (Å²) in [5, 5.41) is 12.3. The van der Waals surface area contributed by atoms with Crippen LogP contribution in [0.1, 0.15) is 6.42 Å². The third-order valence-electron chi connectivity index (χ3n) is 5.53. The van der Waals surface area contributed by atoms with E-state index in [0.717, 1.165) is 4.90 Å². The molecule has 0 radical (unpaired) electrons. The number of likely N-dealkylation sites (tertiary alicyclic amines) is 1. The molecule has 2 atom stereocenters. The Hall–Kier alpha value is -4.19. The molecule has 0 bridgehead atoms. The van der Waals surface area contributed by atoms with E-state index in [4.69, 9.17) is 0 Å². The molecule has 1 fully saturated rings. The number of nitriles is 1. The Labute approximate surface area is 192 Å². The fourth-order valence-corrected chi connectivity index (χ4v) is 3.63. The third kappa shape index (κ3) is 5.54. The SMILES string of the molecule is CN(CC(=O)N1CC(C(=O)Nc2ccccc2)CC1C#N)C(=O)C(=O)N(C)c1ccccc1. The molecule has 0 spiro atoms. The van der Waals surface area contributed by atoms with Crippen molar-refractivity contribution in [3.05, 3.63) is 60.7 Å². The van der Waals surface area contributed by atoms with E-state index >= 15 is 0 Å². The van der Waals surface area contributed by atoms with Gasteiger partial charge in [0.1, 0.15) is 6.04 Å². The van der Waals surface area contributed by atoms with Gasteiger partial charge in [0.2, 0.25) is 11.8 Å². The molecule has 2 aromatic rings. The van der Waals surface area contributed by atoms with Crippen molar-refractivity contribution in [1.82, 2.24) is 9.80 Å². The van der Waals surface area contributed by atoms with E-state index in [-0.39, 0.29) is 25.4 Å². The number of nitrogens with one attached hydrogen (secondary N) is 1. The number of hydrogen-bond acceptors (Lipinski definition) is 5. The minimum absolute atomic E-state index is 0.0651. The van der Waals surface area contributed by atoms with Crippen molar-refractivity contribution >= 4 is 35.0 Å². The number of benzene rings is 2. The van der Waals surface area contributed by atoms with Gasteiger partial charge in [-0.25, -0.2) is 0 Å². The van der Waals surface area contributed by atoms with Crippen LogP contribution in [0.3, 0.4) is 0 Å². The van der Waals surface area contributed by atoms with Crippen molar-refractivity contribution < 1.29 is 19.2 Å². The minimum atomic E-state index is -0.847. The third-order valence-corrected chi connectivity index (χ3v) is 5.53. The van der Waals surface area contributed by atoms with Crippen molar-refractivity contribution in [3.63, 3.8) is 0 Å². The first kappa shape index (κ1) is 23.5. The van der Waals surface area contributed by atoms with Crippen molar-refractivity contribution in [2.75, 3.05) is 37.4 Å². The summed E-state index contributed by atoms with van der Waals surface area (Å²) < 4.78 is 0. The van der Waals surface area contributed by atoms with Crippen molar-refractivity contribution in [2.24, 2.45) is 5.92 Å². The van der Waals surface area contributed by atoms with Gasteiger partial charge in [0.25, 0.3) is 0 Å². The molecular formula is C24H25N5O4. The molecule has 1 saturated heterocycles. The highest BCUT2D eigenvalue weighted by atomic mass is 16.2. The van der Waals surface area contributed by atoms with E-state index in [2.05, 4.69) is 11.4 Å². The highest BCUT2D eigenvalue weighted by Gasteiger charge is 2.39. The number of nitrogens with zero attached hydrogens (tertiary/aromatic N) is 4. The van der Waals surface area contributed by atoms with Crippen LogP contribution in [0.5, 0.6) is 0 Å². The lowest BCUT2D eigenvalue weighted by Crippen LogP contribution is -2.47. The standard InChI is InChI=1S/C24H25N5O4/c1-27(23(32)24(33)28(2)19-11-7-4-8-12-19)16-21(30)29-15-17(13-20(29)14-25)22(31)26-18-9-5-3-6-10-18/h3-12,17,20H,13,15-16H2,1-2H3,(H,26,31). The first-order chi connectivity index (χ1) is 15.8. The van der Waals surface area contributed by atoms with Gasteiger partial charge in [-0.3, -0.25) is 19.2 Å². The quantitative estimate of drug-likeness (QED) is 0.698. The number of likely N-dealkylation sites (N-methyl/N-ethyl adjacent to an activating group) is 2. The zero-order valence-corrected chi connectivity index (χ0v) is 18.5. The molecule has 0 saturated carbocycles. The molecule has 4 amide bonds. The lowest BCUT2D eigenvalue weighted by molar-refractivity contribution is -0.146. The number of carbonyl (C=O) groups excluding carboxylic acids is 4. The molecule has 9 heteroatoms. The molecule has 9 nitrogen and oxygen atoms in total. The van der Waals surface area contributed by atoms with Gasteiger partial charge in [0, 0.05) is 32.0 Å². The van der Waals surface area contributed by atoms with Gasteiger partial charge in [-0.1, -0.05) is 36.4 Å². The van der Waals surface area contributed by atoms with Gasteiger partial charge >= 0.3 is 11.8 Å². The smallest absolute Gasteiger partial charge is 0.316 e. The maximum absolute atomic E-state index is 12.8. The van der Waals surface area contributed by atoms with Gasteiger partial charge in [-0.2, -0.15) is 5.26 Å². The minimum Gasteiger partial charge on any atom is -0.328 e. The molecule has 0 aliphatic carbocycles. The van der Waals surface area contributed by atoms with Crippen LogP contribution >= 0.6 is 0 Å². The highest BCUT2D eigenvalue weighted by molar-refractivity contribution is 6.40. The molecule has 1 aliphatic rings. The topological polar surface area (TPSA) is 114 Å². The lowest BCUT2D eigenvalue weighted by Gasteiger charge is -2.25. The van der Waals surface area contributed by atoms with E-state index in [1.807, 2.05) is 6.07 Å². The average molecular weight is 447 g/mol. The van der Waals surface area contributed by atoms with Crippen molar-refractivity contribution in [2.45, 2.75) is 12.5 Å². The Morgan fingerprint density at radius 2 is 1.61 bits per heavy atom. The monoisotopic (exact) mass is 447 g/mol. The van der Waals surface area contributed by atoms with Crippen LogP contribution in [0.4, 0.5) is 11.4 Å². The van der Waals surface area contributed by atoms with E-state index in [9.17, 15) is 24.4 Å². The largest absolute Gasteiger partial charge is 0.328 e. The Balaban J connectivity index is 1.60. The van der Waals surface area contributed by atoms with Gasteiger partial charge in [-0.15, -0.1) is 0 Å². The maximum atomic E-state index is 12.8. The number of amides is 4. The number of hydrogen-bond donors (Lipinski definition) is 1. The summed E-state index contributed by atoms with van der Waals surface area (Å²) in [6.45, 7) is -0.311. The second kappa shape index (κ2) is 10.4. The van der Waals surface area contributed by atoms with Crippen LogP contribution in [-0.2, 0) is 19.2 Å². The molecule has 2 unspecified atom stereocenters. The molecule has 3 rings (SSSR count). The van der Waals surface area contributed by atoms with E-state index < -0.39 is 29.7 Å². The Morgan fingerprint density at radius 3 is 2.21 bits per heavy atom. The second-order valence-corrected chi connectivity index (χ2v) is 7.84. The summed E-state index contributed by atoms with van der Waals surface area (Å²) in [4.78, 5) is 54.1. The predicted octanol–water partition coefficient (Wildman–Crippen LogP) is 1.49. The number of anilines is 2. The molecule has 2 aromatic carbocycles. The summed E-state index contributed by atoms with van der Waals surface area (Å²) in [6, 6.07) is 18.9. The van der Waals surface area contributed by atoms with E-state index in [1.54, 1.807) is 54.6 Å². The van der Waals surface area contributed by atoms with Crippen LogP contribution in [0.25, 0.3) is 0 Å². The van der Waals surface area contributed by atoms with Gasteiger partial charge in [0.05, 0.1) is 18.5 Å². The van der Waals surface area contributed by atoms with E-state index in [0.29, 0.717) is 11.4 Å². The van der Waals surface area contributed by atoms with Gasteiger partial charge in [-0.05, 0) is 30.7 Å². The van der Waals surface area contributed by atoms with Gasteiger partial charge in [0.15, 0.2) is 0 Å².